The van der Waals surface area contributed by atoms with Gasteiger partial charge in [0.25, 0.3) is 10.0 Å². The highest BCUT2D eigenvalue weighted by Gasteiger charge is 2.32. The minimum atomic E-state index is -4.06. The molecule has 0 aliphatic rings. The molecule has 1 atom stereocenters. The Morgan fingerprint density at radius 3 is 2.14 bits per heavy atom. The minimum absolute atomic E-state index is 0.0837. The molecule has 2 amide bonds. The number of sulfonamides is 1. The molecule has 3 aromatic rings. The van der Waals surface area contributed by atoms with Crippen LogP contribution in [0.2, 0.25) is 0 Å². The summed E-state index contributed by atoms with van der Waals surface area (Å²) in [5, 5.41) is 2.86. The lowest BCUT2D eigenvalue weighted by Crippen LogP contribution is -2.52. The number of rotatable bonds is 10. The summed E-state index contributed by atoms with van der Waals surface area (Å²) in [4.78, 5) is 28.4. The van der Waals surface area contributed by atoms with Crippen LogP contribution in [0.5, 0.6) is 0 Å². The Labute approximate surface area is 220 Å². The Balaban J connectivity index is 2.03. The van der Waals surface area contributed by atoms with Gasteiger partial charge in [0.1, 0.15) is 12.6 Å². The van der Waals surface area contributed by atoms with Gasteiger partial charge in [0.05, 0.1) is 10.6 Å². The molecule has 0 aromatic heterocycles. The molecule has 1 unspecified atom stereocenters. The second kappa shape index (κ2) is 12.1. The highest BCUT2D eigenvalue weighted by Crippen LogP contribution is 2.25. The second-order valence-electron chi connectivity index (χ2n) is 9.45. The van der Waals surface area contributed by atoms with E-state index in [4.69, 9.17) is 0 Å². The maximum Gasteiger partial charge on any atom is 0.264 e. The topological polar surface area (TPSA) is 86.8 Å². The number of amides is 2. The maximum atomic E-state index is 13.9. The van der Waals surface area contributed by atoms with Gasteiger partial charge in [0, 0.05) is 12.6 Å². The van der Waals surface area contributed by atoms with E-state index >= 15 is 0 Å². The van der Waals surface area contributed by atoms with E-state index in [0.717, 1.165) is 21.0 Å². The van der Waals surface area contributed by atoms with Crippen molar-refractivity contribution in [2.45, 2.75) is 58.1 Å². The Morgan fingerprint density at radius 1 is 0.865 bits per heavy atom. The Kier molecular flexibility index (Phi) is 9.10. The van der Waals surface area contributed by atoms with Gasteiger partial charge in [-0.2, -0.15) is 0 Å². The zero-order chi connectivity index (χ0) is 27.2. The number of nitrogens with zero attached hydrogens (tertiary/aromatic N) is 2. The van der Waals surface area contributed by atoms with Crippen LogP contribution in [0.3, 0.4) is 0 Å². The predicted molar refractivity (Wildman–Crippen MR) is 147 cm³/mol. The lowest BCUT2D eigenvalue weighted by atomic mass is 10.1. The number of anilines is 1. The second-order valence-corrected chi connectivity index (χ2v) is 11.3. The van der Waals surface area contributed by atoms with Gasteiger partial charge in [-0.3, -0.25) is 13.9 Å². The van der Waals surface area contributed by atoms with Gasteiger partial charge in [0.15, 0.2) is 0 Å². The van der Waals surface area contributed by atoms with Crippen LogP contribution in [-0.2, 0) is 26.2 Å². The zero-order valence-corrected chi connectivity index (χ0v) is 22.8. The largest absolute Gasteiger partial charge is 0.352 e. The first-order valence-electron chi connectivity index (χ1n) is 12.3. The number of hydrogen-bond donors (Lipinski definition) is 1. The van der Waals surface area contributed by atoms with E-state index in [1.54, 1.807) is 43.3 Å². The first kappa shape index (κ1) is 27.9. The van der Waals surface area contributed by atoms with Crippen LogP contribution in [0.25, 0.3) is 0 Å². The molecule has 0 aliphatic carbocycles. The first-order valence-corrected chi connectivity index (χ1v) is 13.7. The molecule has 0 radical (unpaired) electrons. The van der Waals surface area contributed by atoms with E-state index < -0.39 is 28.5 Å². The molecule has 37 heavy (non-hydrogen) atoms. The molecule has 0 fully saturated rings. The highest BCUT2D eigenvalue weighted by molar-refractivity contribution is 7.92. The molecule has 0 spiro atoms. The summed E-state index contributed by atoms with van der Waals surface area (Å²) in [6.07, 6.45) is 0. The quantitative estimate of drug-likeness (QED) is 0.427. The third-order valence-electron chi connectivity index (χ3n) is 6.10. The van der Waals surface area contributed by atoms with Gasteiger partial charge in [-0.1, -0.05) is 54.6 Å². The van der Waals surface area contributed by atoms with E-state index in [-0.39, 0.29) is 23.4 Å². The van der Waals surface area contributed by atoms with Gasteiger partial charge in [0.2, 0.25) is 11.8 Å². The fourth-order valence-corrected chi connectivity index (χ4v) is 5.42. The maximum absolute atomic E-state index is 13.9. The fraction of sp³-hybridized carbons (Fsp3) is 0.310. The van der Waals surface area contributed by atoms with Crippen molar-refractivity contribution >= 4 is 27.5 Å². The molecule has 0 aliphatic heterocycles. The van der Waals surface area contributed by atoms with Gasteiger partial charge >= 0.3 is 0 Å². The molecule has 0 heterocycles. The highest BCUT2D eigenvalue weighted by atomic mass is 32.2. The van der Waals surface area contributed by atoms with Crippen molar-refractivity contribution in [3.8, 4) is 0 Å². The third-order valence-corrected chi connectivity index (χ3v) is 7.89. The van der Waals surface area contributed by atoms with Crippen molar-refractivity contribution in [1.29, 1.82) is 0 Å². The van der Waals surface area contributed by atoms with Gasteiger partial charge in [-0.05, 0) is 75.6 Å². The van der Waals surface area contributed by atoms with Crippen molar-refractivity contribution in [3.05, 3.63) is 95.6 Å². The summed E-state index contributed by atoms with van der Waals surface area (Å²) in [6.45, 7) is 8.89. The molecular formula is C29H35N3O4S. The average Bonchev–Trinajstić information content (AvgIpc) is 2.86. The monoisotopic (exact) mass is 521 g/mol. The lowest BCUT2D eigenvalue weighted by molar-refractivity contribution is -0.139. The Morgan fingerprint density at radius 2 is 1.51 bits per heavy atom. The van der Waals surface area contributed by atoms with E-state index in [2.05, 4.69) is 5.32 Å². The number of hydrogen-bond acceptors (Lipinski definition) is 4. The van der Waals surface area contributed by atoms with Crippen LogP contribution < -0.4 is 9.62 Å². The molecule has 0 bridgehead atoms. The minimum Gasteiger partial charge on any atom is -0.352 e. The normalized spacial score (nSPS) is 12.2. The predicted octanol–water partition coefficient (Wildman–Crippen LogP) is 4.44. The van der Waals surface area contributed by atoms with E-state index in [9.17, 15) is 18.0 Å². The van der Waals surface area contributed by atoms with Crippen LogP contribution >= 0.6 is 0 Å². The molecule has 0 saturated heterocycles. The van der Waals surface area contributed by atoms with Crippen molar-refractivity contribution in [2.75, 3.05) is 10.8 Å². The van der Waals surface area contributed by atoms with Crippen LogP contribution in [0.1, 0.15) is 37.5 Å². The molecular weight excluding hydrogens is 486 g/mol. The standard InChI is InChI=1S/C29H35N3O4S/c1-21(2)30-29(34)24(5)31(19-25-14-10-9-13-23(25)4)28(33)20-32(26-15-11-12-22(3)18-26)37(35,36)27-16-7-6-8-17-27/h6-18,21,24H,19-20H2,1-5H3,(H,30,34). The summed E-state index contributed by atoms with van der Waals surface area (Å²) < 4.78 is 28.6. The van der Waals surface area contributed by atoms with Crippen molar-refractivity contribution in [1.82, 2.24) is 10.2 Å². The van der Waals surface area contributed by atoms with E-state index in [1.807, 2.05) is 58.0 Å². The zero-order valence-electron chi connectivity index (χ0n) is 22.0. The van der Waals surface area contributed by atoms with Gasteiger partial charge in [-0.25, -0.2) is 8.42 Å². The van der Waals surface area contributed by atoms with Crippen LogP contribution in [-0.4, -0.2) is 43.8 Å². The summed E-state index contributed by atoms with van der Waals surface area (Å²) in [5.41, 5.74) is 3.10. The number of carbonyl (C=O) groups excluding carboxylic acids is 2. The van der Waals surface area contributed by atoms with Gasteiger partial charge in [-0.15, -0.1) is 0 Å². The van der Waals surface area contributed by atoms with Crippen LogP contribution in [0, 0.1) is 13.8 Å². The molecule has 3 aromatic carbocycles. The smallest absolute Gasteiger partial charge is 0.264 e. The number of aryl methyl sites for hydroxylation is 2. The van der Waals surface area contributed by atoms with Crippen LogP contribution in [0.4, 0.5) is 5.69 Å². The van der Waals surface area contributed by atoms with E-state index in [1.165, 1.54) is 17.0 Å². The number of carbonyl (C=O) groups is 2. The average molecular weight is 522 g/mol. The Bertz CT molecular complexity index is 1340. The molecule has 0 saturated carbocycles. The van der Waals surface area contributed by atoms with E-state index in [0.29, 0.717) is 5.69 Å². The fourth-order valence-electron chi connectivity index (χ4n) is 3.99. The molecule has 3 rings (SSSR count). The molecule has 1 N–H and O–H groups in total. The molecule has 7 nitrogen and oxygen atoms in total. The summed E-state index contributed by atoms with van der Waals surface area (Å²) in [6, 6.07) is 21.8. The Hall–Kier alpha value is -3.65. The summed E-state index contributed by atoms with van der Waals surface area (Å²) in [5.74, 6) is -0.777. The third kappa shape index (κ3) is 6.98. The number of benzene rings is 3. The molecule has 8 heteroatoms. The summed E-state index contributed by atoms with van der Waals surface area (Å²) >= 11 is 0. The summed E-state index contributed by atoms with van der Waals surface area (Å²) in [7, 11) is -4.06. The van der Waals surface area contributed by atoms with Crippen molar-refractivity contribution < 1.29 is 18.0 Å². The molecule has 196 valence electrons. The van der Waals surface area contributed by atoms with Crippen molar-refractivity contribution in [2.24, 2.45) is 0 Å². The number of nitrogens with one attached hydrogen (secondary N) is 1. The van der Waals surface area contributed by atoms with Crippen molar-refractivity contribution in [3.63, 3.8) is 0 Å². The van der Waals surface area contributed by atoms with Crippen LogP contribution in [0.15, 0.2) is 83.8 Å². The van der Waals surface area contributed by atoms with Gasteiger partial charge < -0.3 is 10.2 Å². The SMILES string of the molecule is Cc1cccc(N(CC(=O)N(Cc2ccccc2C)C(C)C(=O)NC(C)C)S(=O)(=O)c2ccccc2)c1. The first-order chi connectivity index (χ1) is 17.5. The lowest BCUT2D eigenvalue weighted by Gasteiger charge is -2.32.